The molecule has 1 aromatic heterocycles. The lowest BCUT2D eigenvalue weighted by Crippen LogP contribution is -2.32. The topological polar surface area (TPSA) is 58.6 Å². The third kappa shape index (κ3) is 3.47. The molecular weight excluding hydrogens is 443 g/mol. The molecule has 0 bridgehead atoms. The van der Waals surface area contributed by atoms with Crippen molar-refractivity contribution in [1.82, 2.24) is 0 Å². The minimum atomic E-state index is -0.517. The van der Waals surface area contributed by atoms with Crippen LogP contribution >= 0.6 is 34.5 Å². The average Bonchev–Trinajstić information content (AvgIpc) is 3.32. The molecule has 1 aliphatic rings. The lowest BCUT2D eigenvalue weighted by atomic mass is 10.1. The predicted molar refractivity (Wildman–Crippen MR) is 122 cm³/mol. The van der Waals surface area contributed by atoms with Crippen molar-refractivity contribution in [2.24, 2.45) is 0 Å². The number of nitrogens with zero attached hydrogens (tertiary/aromatic N) is 1. The maximum absolute atomic E-state index is 13.4. The molecule has 0 saturated carbocycles. The Morgan fingerprint density at radius 1 is 1.03 bits per heavy atom. The number of methoxy groups -OCH3 is 1. The van der Waals surface area contributed by atoms with E-state index in [2.05, 4.69) is 5.32 Å². The Bertz CT molecular complexity index is 1190. The van der Waals surface area contributed by atoms with E-state index in [4.69, 9.17) is 27.9 Å². The zero-order chi connectivity index (χ0) is 21.4. The fraction of sp³-hybridized carbons (Fsp3) is 0.0909. The minimum absolute atomic E-state index is 0.140. The molecule has 0 unspecified atom stereocenters. The normalized spacial score (nSPS) is 13.9. The first kappa shape index (κ1) is 20.5. The lowest BCUT2D eigenvalue weighted by molar-refractivity contribution is -0.120. The molecule has 30 heavy (non-hydrogen) atoms. The smallest absolute Gasteiger partial charge is 0.282 e. The molecule has 0 atom stereocenters. The van der Waals surface area contributed by atoms with Gasteiger partial charge in [-0.1, -0.05) is 41.4 Å². The first-order valence-corrected chi connectivity index (χ1v) is 10.6. The number of ether oxygens (including phenoxy) is 1. The highest BCUT2D eigenvalue weighted by molar-refractivity contribution is 7.11. The Morgan fingerprint density at radius 2 is 1.83 bits per heavy atom. The van der Waals surface area contributed by atoms with E-state index in [-0.39, 0.29) is 27.0 Å². The van der Waals surface area contributed by atoms with Crippen LogP contribution in [0.15, 0.2) is 59.6 Å². The fourth-order valence-corrected chi connectivity index (χ4v) is 4.38. The highest BCUT2D eigenvalue weighted by Crippen LogP contribution is 2.40. The summed E-state index contributed by atoms with van der Waals surface area (Å²) in [5.41, 5.74) is 2.23. The Kier molecular flexibility index (Phi) is 5.56. The lowest BCUT2D eigenvalue weighted by Gasteiger charge is -2.17. The highest BCUT2D eigenvalue weighted by Gasteiger charge is 2.42. The number of amides is 2. The molecule has 4 rings (SSSR count). The van der Waals surface area contributed by atoms with E-state index in [1.807, 2.05) is 30.5 Å². The van der Waals surface area contributed by atoms with Gasteiger partial charge in [0.25, 0.3) is 11.8 Å². The van der Waals surface area contributed by atoms with Crippen LogP contribution in [-0.4, -0.2) is 18.9 Å². The van der Waals surface area contributed by atoms with Gasteiger partial charge in [-0.05, 0) is 48.2 Å². The number of rotatable bonds is 5. The first-order chi connectivity index (χ1) is 14.4. The summed E-state index contributed by atoms with van der Waals surface area (Å²) in [6.45, 7) is 1.93. The third-order valence-corrected chi connectivity index (χ3v) is 6.33. The molecule has 2 aromatic carbocycles. The van der Waals surface area contributed by atoms with E-state index in [9.17, 15) is 9.59 Å². The summed E-state index contributed by atoms with van der Waals surface area (Å²) in [6, 6.07) is 14.0. The predicted octanol–water partition coefficient (Wildman–Crippen LogP) is 5.77. The first-order valence-electron chi connectivity index (χ1n) is 8.95. The summed E-state index contributed by atoms with van der Waals surface area (Å²) in [7, 11) is 1.55. The molecule has 152 valence electrons. The van der Waals surface area contributed by atoms with Crippen molar-refractivity contribution in [1.29, 1.82) is 0 Å². The van der Waals surface area contributed by atoms with E-state index in [1.165, 1.54) is 11.3 Å². The summed E-state index contributed by atoms with van der Waals surface area (Å²) in [4.78, 5) is 28.5. The van der Waals surface area contributed by atoms with Gasteiger partial charge < -0.3 is 10.1 Å². The van der Waals surface area contributed by atoms with Crippen molar-refractivity contribution in [2.45, 2.75) is 6.92 Å². The number of halogens is 2. The van der Waals surface area contributed by atoms with Gasteiger partial charge in [-0.15, -0.1) is 11.3 Å². The van der Waals surface area contributed by atoms with Gasteiger partial charge in [0.15, 0.2) is 0 Å². The second-order valence-corrected chi connectivity index (χ2v) is 8.31. The van der Waals surface area contributed by atoms with Crippen LogP contribution in [0.4, 0.5) is 11.4 Å². The standard InChI is InChI=1S/C22H16Cl2N2O3S/c1-12-8-9-16(29-2)14(11-12)25-20-18(17-7-4-10-30-17)21(27)26(22(20)28)15-6-3-5-13(23)19(15)24/h3-11,25H,1-2H3. The molecule has 3 aromatic rings. The number of hydrogen-bond donors (Lipinski definition) is 1. The van der Waals surface area contributed by atoms with Crippen LogP contribution in [0, 0.1) is 6.92 Å². The van der Waals surface area contributed by atoms with Crippen molar-refractivity contribution < 1.29 is 14.3 Å². The van der Waals surface area contributed by atoms with Crippen LogP contribution in [0.5, 0.6) is 5.75 Å². The molecule has 5 nitrogen and oxygen atoms in total. The largest absolute Gasteiger partial charge is 0.495 e. The van der Waals surface area contributed by atoms with Crippen LogP contribution in [0.3, 0.4) is 0 Å². The summed E-state index contributed by atoms with van der Waals surface area (Å²) >= 11 is 13.8. The number of carbonyl (C=O) groups excluding carboxylic acids is 2. The average molecular weight is 459 g/mol. The second-order valence-electron chi connectivity index (χ2n) is 6.57. The number of thiophene rings is 1. The van der Waals surface area contributed by atoms with Gasteiger partial charge in [0.2, 0.25) is 0 Å². The maximum atomic E-state index is 13.4. The zero-order valence-electron chi connectivity index (χ0n) is 16.0. The van der Waals surface area contributed by atoms with E-state index in [0.29, 0.717) is 16.3 Å². The van der Waals surface area contributed by atoms with Crippen molar-refractivity contribution in [2.75, 3.05) is 17.3 Å². The van der Waals surface area contributed by atoms with E-state index in [0.717, 1.165) is 10.5 Å². The molecule has 1 aliphatic heterocycles. The monoisotopic (exact) mass is 458 g/mol. The third-order valence-electron chi connectivity index (χ3n) is 4.64. The number of nitrogens with one attached hydrogen (secondary N) is 1. The number of imide groups is 1. The highest BCUT2D eigenvalue weighted by atomic mass is 35.5. The van der Waals surface area contributed by atoms with Gasteiger partial charge >= 0.3 is 0 Å². The van der Waals surface area contributed by atoms with Gasteiger partial charge in [-0.3, -0.25) is 9.59 Å². The Labute approximate surface area is 187 Å². The number of anilines is 2. The van der Waals surface area contributed by atoms with Gasteiger partial charge in [0.1, 0.15) is 11.4 Å². The van der Waals surface area contributed by atoms with Crippen LogP contribution in [0.1, 0.15) is 10.4 Å². The van der Waals surface area contributed by atoms with E-state index < -0.39 is 11.8 Å². The van der Waals surface area contributed by atoms with E-state index in [1.54, 1.807) is 37.4 Å². The molecule has 1 N–H and O–H groups in total. The second kappa shape index (κ2) is 8.14. The molecule has 0 aliphatic carbocycles. The van der Waals surface area contributed by atoms with Crippen molar-refractivity contribution in [3.8, 4) is 5.75 Å². The summed E-state index contributed by atoms with van der Waals surface area (Å²) in [5, 5.41) is 5.37. The van der Waals surface area contributed by atoms with Gasteiger partial charge in [0, 0.05) is 4.88 Å². The van der Waals surface area contributed by atoms with E-state index >= 15 is 0 Å². The molecule has 8 heteroatoms. The summed E-state index contributed by atoms with van der Waals surface area (Å²) in [5.74, 6) is -0.435. The number of carbonyl (C=O) groups is 2. The van der Waals surface area contributed by atoms with Crippen molar-refractivity contribution in [3.63, 3.8) is 0 Å². The molecule has 0 radical (unpaired) electrons. The molecular formula is C22H16Cl2N2O3S. The van der Waals surface area contributed by atoms with Gasteiger partial charge in [-0.2, -0.15) is 0 Å². The number of aryl methyl sites for hydroxylation is 1. The van der Waals surface area contributed by atoms with Gasteiger partial charge in [-0.25, -0.2) is 4.90 Å². The number of hydrogen-bond acceptors (Lipinski definition) is 5. The number of benzene rings is 2. The van der Waals surface area contributed by atoms with Crippen LogP contribution in [0.2, 0.25) is 10.0 Å². The molecule has 2 heterocycles. The Hall–Kier alpha value is -2.80. The minimum Gasteiger partial charge on any atom is -0.495 e. The molecule has 0 fully saturated rings. The maximum Gasteiger partial charge on any atom is 0.282 e. The Balaban J connectivity index is 1.85. The van der Waals surface area contributed by atoms with Crippen LogP contribution in [-0.2, 0) is 9.59 Å². The Morgan fingerprint density at radius 3 is 2.53 bits per heavy atom. The summed E-state index contributed by atoms with van der Waals surface area (Å²) in [6.07, 6.45) is 0. The quantitative estimate of drug-likeness (QED) is 0.493. The molecule has 2 amide bonds. The summed E-state index contributed by atoms with van der Waals surface area (Å²) < 4.78 is 5.41. The molecule has 0 saturated heterocycles. The van der Waals surface area contributed by atoms with Crippen LogP contribution in [0.25, 0.3) is 5.57 Å². The zero-order valence-corrected chi connectivity index (χ0v) is 18.4. The van der Waals surface area contributed by atoms with Crippen LogP contribution < -0.4 is 15.0 Å². The molecule has 0 spiro atoms. The van der Waals surface area contributed by atoms with Crippen molar-refractivity contribution >= 4 is 63.3 Å². The fourth-order valence-electron chi connectivity index (χ4n) is 3.23. The SMILES string of the molecule is COc1ccc(C)cc1NC1=C(c2cccs2)C(=O)N(c2cccc(Cl)c2Cl)C1=O. The van der Waals surface area contributed by atoms with Crippen molar-refractivity contribution in [3.05, 3.63) is 80.1 Å². The van der Waals surface area contributed by atoms with Gasteiger partial charge in [0.05, 0.1) is 34.1 Å².